The molecule has 0 spiro atoms. The number of carbonyl (C=O) groups is 2. The van der Waals surface area contributed by atoms with E-state index in [0.29, 0.717) is 17.5 Å². The van der Waals surface area contributed by atoms with Gasteiger partial charge in [0.1, 0.15) is 0 Å². The molecule has 0 saturated heterocycles. The molecular weight excluding hydrogens is 242 g/mol. The highest BCUT2D eigenvalue weighted by Crippen LogP contribution is 2.43. The van der Waals surface area contributed by atoms with Gasteiger partial charge >= 0.3 is 5.97 Å². The quantitative estimate of drug-likeness (QED) is 0.818. The Labute approximate surface area is 111 Å². The van der Waals surface area contributed by atoms with E-state index in [9.17, 15) is 9.59 Å². The molecule has 3 rings (SSSR count). The maximum Gasteiger partial charge on any atom is 0.335 e. The molecule has 0 aliphatic heterocycles. The molecule has 0 radical (unpaired) electrons. The molecule has 3 atom stereocenters. The van der Waals surface area contributed by atoms with Gasteiger partial charge in [-0.3, -0.25) is 4.79 Å². The third kappa shape index (κ3) is 2.26. The number of rotatable bonds is 3. The predicted molar refractivity (Wildman–Crippen MR) is 70.9 cm³/mol. The Hall–Kier alpha value is -2.10. The molecule has 2 aliphatic carbocycles. The molecule has 1 amide bonds. The first-order valence-electron chi connectivity index (χ1n) is 6.46. The second-order valence-electron chi connectivity index (χ2n) is 5.26. The van der Waals surface area contributed by atoms with Crippen molar-refractivity contribution in [2.24, 2.45) is 17.8 Å². The van der Waals surface area contributed by atoms with E-state index < -0.39 is 5.97 Å². The first-order chi connectivity index (χ1) is 9.13. The first kappa shape index (κ1) is 12.0. The van der Waals surface area contributed by atoms with Gasteiger partial charge in [0, 0.05) is 11.6 Å². The number of carbonyl (C=O) groups excluding carboxylic acids is 1. The van der Waals surface area contributed by atoms with Crippen LogP contribution in [0.3, 0.4) is 0 Å². The zero-order valence-electron chi connectivity index (χ0n) is 10.4. The van der Waals surface area contributed by atoms with Gasteiger partial charge in [0.15, 0.2) is 0 Å². The molecule has 0 heterocycles. The van der Waals surface area contributed by atoms with E-state index in [1.807, 2.05) is 0 Å². The highest BCUT2D eigenvalue weighted by Gasteiger charge is 2.39. The molecule has 19 heavy (non-hydrogen) atoms. The van der Waals surface area contributed by atoms with Crippen LogP contribution in [0.5, 0.6) is 0 Å². The average Bonchev–Trinajstić information content (AvgIpc) is 3.01. The predicted octanol–water partition coefficient (Wildman–Crippen LogP) is 2.54. The lowest BCUT2D eigenvalue weighted by Crippen LogP contribution is -2.25. The summed E-state index contributed by atoms with van der Waals surface area (Å²) in [6.07, 6.45) is 6.37. The van der Waals surface area contributed by atoms with Crippen LogP contribution in [0.4, 0.5) is 5.69 Å². The van der Waals surface area contributed by atoms with Crippen LogP contribution >= 0.6 is 0 Å². The summed E-state index contributed by atoms with van der Waals surface area (Å²) in [5, 5.41) is 11.7. The summed E-state index contributed by atoms with van der Waals surface area (Å²) in [6, 6.07) is 6.26. The minimum atomic E-state index is -0.962. The van der Waals surface area contributed by atoms with Crippen LogP contribution in [0.25, 0.3) is 0 Å². The molecule has 98 valence electrons. The summed E-state index contributed by atoms with van der Waals surface area (Å²) in [7, 11) is 0. The minimum Gasteiger partial charge on any atom is -0.478 e. The highest BCUT2D eigenvalue weighted by atomic mass is 16.4. The normalized spacial score (nSPS) is 27.5. The molecular formula is C15H15NO3. The first-order valence-corrected chi connectivity index (χ1v) is 6.46. The second-order valence-corrected chi connectivity index (χ2v) is 5.26. The summed E-state index contributed by atoms with van der Waals surface area (Å²) in [6.45, 7) is 0. The molecule has 2 aliphatic rings. The molecule has 2 bridgehead atoms. The Morgan fingerprint density at radius 2 is 1.84 bits per heavy atom. The summed E-state index contributed by atoms with van der Waals surface area (Å²) >= 11 is 0. The molecule has 1 aromatic rings. The molecule has 0 aromatic heterocycles. The van der Waals surface area contributed by atoms with Gasteiger partial charge in [-0.05, 0) is 48.9 Å². The van der Waals surface area contributed by atoms with Crippen LogP contribution in [0.15, 0.2) is 36.4 Å². The Morgan fingerprint density at radius 1 is 1.11 bits per heavy atom. The second kappa shape index (κ2) is 4.53. The topological polar surface area (TPSA) is 66.4 Å². The minimum absolute atomic E-state index is 0.0416. The monoisotopic (exact) mass is 257 g/mol. The molecule has 4 nitrogen and oxygen atoms in total. The van der Waals surface area contributed by atoms with E-state index in [4.69, 9.17) is 5.11 Å². The Bertz CT molecular complexity index is 547. The number of aromatic carboxylic acids is 1. The standard InChI is InChI=1S/C15H15NO3/c17-14(13-8-9-1-2-11(13)7-9)16-12-5-3-10(4-6-12)15(18)19/h1-6,9,11,13H,7-8H2,(H,16,17)(H,18,19). The number of carboxylic acid groups (broad SMARTS) is 1. The highest BCUT2D eigenvalue weighted by molar-refractivity contribution is 5.94. The van der Waals surface area contributed by atoms with Crippen molar-refractivity contribution in [1.82, 2.24) is 0 Å². The number of fused-ring (bicyclic) bond motifs is 2. The van der Waals surface area contributed by atoms with Gasteiger partial charge in [0.25, 0.3) is 0 Å². The van der Waals surface area contributed by atoms with Crippen LogP contribution in [0.2, 0.25) is 0 Å². The van der Waals surface area contributed by atoms with Crippen LogP contribution in [0, 0.1) is 17.8 Å². The third-order valence-electron chi connectivity index (χ3n) is 4.02. The maximum absolute atomic E-state index is 12.2. The zero-order valence-corrected chi connectivity index (χ0v) is 10.4. The van der Waals surface area contributed by atoms with Crippen molar-refractivity contribution in [1.29, 1.82) is 0 Å². The van der Waals surface area contributed by atoms with E-state index in [1.54, 1.807) is 12.1 Å². The van der Waals surface area contributed by atoms with Crippen molar-refractivity contribution in [2.45, 2.75) is 12.8 Å². The van der Waals surface area contributed by atoms with Crippen LogP contribution in [-0.2, 0) is 4.79 Å². The Kier molecular flexibility index (Phi) is 2.85. The molecule has 2 N–H and O–H groups in total. The number of hydrogen-bond donors (Lipinski definition) is 2. The van der Waals surface area contributed by atoms with Crippen molar-refractivity contribution in [2.75, 3.05) is 5.32 Å². The molecule has 3 unspecified atom stereocenters. The van der Waals surface area contributed by atoms with E-state index in [2.05, 4.69) is 17.5 Å². The smallest absolute Gasteiger partial charge is 0.335 e. The molecule has 1 fully saturated rings. The van der Waals surface area contributed by atoms with E-state index in [-0.39, 0.29) is 17.4 Å². The fourth-order valence-electron chi connectivity index (χ4n) is 3.01. The Morgan fingerprint density at radius 3 is 2.37 bits per heavy atom. The summed E-state index contributed by atoms with van der Waals surface area (Å²) < 4.78 is 0. The summed E-state index contributed by atoms with van der Waals surface area (Å²) in [5.41, 5.74) is 0.877. The molecule has 1 saturated carbocycles. The van der Waals surface area contributed by atoms with Crippen molar-refractivity contribution in [3.63, 3.8) is 0 Å². The number of benzene rings is 1. The lowest BCUT2D eigenvalue weighted by atomic mass is 9.93. The van der Waals surface area contributed by atoms with Gasteiger partial charge in [0.05, 0.1) is 5.56 Å². The van der Waals surface area contributed by atoms with E-state index in [1.165, 1.54) is 12.1 Å². The number of nitrogens with one attached hydrogen (secondary N) is 1. The molecule has 4 heteroatoms. The SMILES string of the molecule is O=C(O)c1ccc(NC(=O)C2CC3C=CC2C3)cc1. The van der Waals surface area contributed by atoms with Crippen molar-refractivity contribution >= 4 is 17.6 Å². The lowest BCUT2D eigenvalue weighted by molar-refractivity contribution is -0.120. The number of allylic oxidation sites excluding steroid dienone is 2. The van der Waals surface area contributed by atoms with Crippen molar-refractivity contribution < 1.29 is 14.7 Å². The maximum atomic E-state index is 12.2. The van der Waals surface area contributed by atoms with Gasteiger partial charge in [0.2, 0.25) is 5.91 Å². The van der Waals surface area contributed by atoms with Crippen molar-refractivity contribution in [3.8, 4) is 0 Å². The number of hydrogen-bond acceptors (Lipinski definition) is 2. The lowest BCUT2D eigenvalue weighted by Gasteiger charge is -2.17. The third-order valence-corrected chi connectivity index (χ3v) is 4.02. The Balaban J connectivity index is 1.66. The molecule has 1 aromatic carbocycles. The van der Waals surface area contributed by atoms with Gasteiger partial charge in [-0.15, -0.1) is 0 Å². The largest absolute Gasteiger partial charge is 0.478 e. The van der Waals surface area contributed by atoms with Gasteiger partial charge in [-0.25, -0.2) is 4.79 Å². The van der Waals surface area contributed by atoms with Crippen molar-refractivity contribution in [3.05, 3.63) is 42.0 Å². The van der Waals surface area contributed by atoms with Crippen LogP contribution < -0.4 is 5.32 Å². The summed E-state index contributed by atoms with van der Waals surface area (Å²) in [5.74, 6) is 0.0867. The van der Waals surface area contributed by atoms with E-state index in [0.717, 1.165) is 12.8 Å². The van der Waals surface area contributed by atoms with E-state index >= 15 is 0 Å². The number of amides is 1. The number of carboxylic acids is 1. The number of anilines is 1. The van der Waals surface area contributed by atoms with Gasteiger partial charge < -0.3 is 10.4 Å². The zero-order chi connectivity index (χ0) is 13.4. The fourth-order valence-corrected chi connectivity index (χ4v) is 3.01. The van der Waals surface area contributed by atoms with Crippen LogP contribution in [-0.4, -0.2) is 17.0 Å². The fraction of sp³-hybridized carbons (Fsp3) is 0.333. The van der Waals surface area contributed by atoms with Crippen LogP contribution in [0.1, 0.15) is 23.2 Å². The van der Waals surface area contributed by atoms with Gasteiger partial charge in [-0.2, -0.15) is 0 Å². The van der Waals surface area contributed by atoms with Gasteiger partial charge in [-0.1, -0.05) is 12.2 Å². The summed E-state index contributed by atoms with van der Waals surface area (Å²) in [4.78, 5) is 22.9. The average molecular weight is 257 g/mol.